The Morgan fingerprint density at radius 2 is 2.12 bits per heavy atom. The largest absolute Gasteiger partial charge is 0.323 e. The fourth-order valence-corrected chi connectivity index (χ4v) is 4.51. The zero-order valence-corrected chi connectivity index (χ0v) is 15.9. The van der Waals surface area contributed by atoms with Gasteiger partial charge in [-0.25, -0.2) is 4.99 Å². The molecule has 9 heteroatoms. The van der Waals surface area contributed by atoms with Crippen molar-refractivity contribution in [3.05, 3.63) is 28.2 Å². The lowest BCUT2D eigenvalue weighted by atomic mass is 10.3. The Bertz CT molecular complexity index is 699. The van der Waals surface area contributed by atoms with Crippen LogP contribution >= 0.6 is 46.7 Å². The lowest BCUT2D eigenvalue weighted by Crippen LogP contribution is -2.45. The van der Waals surface area contributed by atoms with Crippen molar-refractivity contribution in [2.45, 2.75) is 6.42 Å². The summed E-state index contributed by atoms with van der Waals surface area (Å²) in [6.45, 7) is 0.716. The number of aliphatic imine (C=N–C) groups is 1. The zero-order chi connectivity index (χ0) is 17.1. The van der Waals surface area contributed by atoms with Crippen LogP contribution in [0.5, 0.6) is 0 Å². The predicted octanol–water partition coefficient (Wildman–Crippen LogP) is 3.48. The van der Waals surface area contributed by atoms with Gasteiger partial charge in [-0.3, -0.25) is 14.5 Å². The van der Waals surface area contributed by atoms with Gasteiger partial charge in [-0.05, 0) is 24.6 Å². The van der Waals surface area contributed by atoms with Crippen molar-refractivity contribution >= 4 is 69.4 Å². The van der Waals surface area contributed by atoms with Crippen LogP contribution < -0.4 is 0 Å². The van der Waals surface area contributed by atoms with E-state index in [-0.39, 0.29) is 18.4 Å². The average Bonchev–Trinajstić information content (AvgIpc) is 2.96. The molecule has 0 N–H and O–H groups in total. The van der Waals surface area contributed by atoms with Gasteiger partial charge < -0.3 is 4.90 Å². The highest BCUT2D eigenvalue weighted by atomic mass is 35.5. The molecule has 2 aliphatic rings. The number of amides is 2. The highest BCUT2D eigenvalue weighted by Gasteiger charge is 2.29. The van der Waals surface area contributed by atoms with Crippen LogP contribution in [0.25, 0.3) is 0 Å². The van der Waals surface area contributed by atoms with Crippen LogP contribution in [-0.4, -0.2) is 57.3 Å². The first kappa shape index (κ1) is 17.9. The van der Waals surface area contributed by atoms with E-state index in [1.54, 1.807) is 28.0 Å². The highest BCUT2D eigenvalue weighted by molar-refractivity contribution is 8.13. The average molecular weight is 404 g/mol. The number of nitrogens with zero attached hydrogens (tertiary/aromatic N) is 3. The smallest absolute Gasteiger partial charge is 0.248 e. The summed E-state index contributed by atoms with van der Waals surface area (Å²) in [5, 5.41) is 1.54. The third-order valence-corrected chi connectivity index (χ3v) is 6.32. The Balaban J connectivity index is 1.77. The van der Waals surface area contributed by atoms with E-state index in [2.05, 4.69) is 4.99 Å². The molecule has 0 radical (unpaired) electrons. The number of carbonyl (C=O) groups excluding carboxylic acids is 2. The van der Waals surface area contributed by atoms with Crippen LogP contribution in [0.15, 0.2) is 23.2 Å². The minimum absolute atomic E-state index is 0.0148. The maximum Gasteiger partial charge on any atom is 0.248 e. The Morgan fingerprint density at radius 3 is 2.83 bits per heavy atom. The SMILES string of the molecule is O=C1CSCN1CC(=O)N1CCCSC1=Nc1ccc(Cl)c(Cl)c1. The third-order valence-electron chi connectivity index (χ3n) is 3.57. The van der Waals surface area contributed by atoms with E-state index in [4.69, 9.17) is 23.2 Å². The lowest BCUT2D eigenvalue weighted by Gasteiger charge is -2.29. The summed E-state index contributed by atoms with van der Waals surface area (Å²) in [7, 11) is 0. The lowest BCUT2D eigenvalue weighted by molar-refractivity contribution is -0.135. The summed E-state index contributed by atoms with van der Waals surface area (Å²) in [6.07, 6.45) is 0.902. The predicted molar refractivity (Wildman–Crippen MR) is 101 cm³/mol. The highest BCUT2D eigenvalue weighted by Crippen LogP contribution is 2.29. The van der Waals surface area contributed by atoms with Crippen molar-refractivity contribution in [1.82, 2.24) is 9.80 Å². The number of benzene rings is 1. The Kier molecular flexibility index (Phi) is 5.97. The van der Waals surface area contributed by atoms with Crippen molar-refractivity contribution in [2.75, 3.05) is 30.5 Å². The topological polar surface area (TPSA) is 53.0 Å². The standard InChI is InChI=1S/C15H15Cl2N3O2S2/c16-11-3-2-10(6-12(11)17)18-15-20(4-1-5-24-15)13(21)7-19-9-23-8-14(19)22/h2-3,6H,1,4-5,7-9H2. The van der Waals surface area contributed by atoms with E-state index in [9.17, 15) is 9.59 Å². The van der Waals surface area contributed by atoms with Crippen LogP contribution in [-0.2, 0) is 9.59 Å². The number of carbonyl (C=O) groups is 2. The van der Waals surface area contributed by atoms with Crippen LogP contribution in [0.2, 0.25) is 10.0 Å². The van der Waals surface area contributed by atoms with E-state index in [0.29, 0.717) is 39.1 Å². The first-order chi connectivity index (χ1) is 11.5. The van der Waals surface area contributed by atoms with Gasteiger partial charge in [0.25, 0.3) is 0 Å². The van der Waals surface area contributed by atoms with Crippen LogP contribution in [0, 0.1) is 0 Å². The molecule has 128 valence electrons. The molecule has 0 bridgehead atoms. The van der Waals surface area contributed by atoms with Gasteiger partial charge in [0.1, 0.15) is 6.54 Å². The Hall–Kier alpha value is -0.890. The number of halogens is 2. The summed E-state index contributed by atoms with van der Waals surface area (Å²) in [5.41, 5.74) is 0.652. The van der Waals surface area contributed by atoms with Gasteiger partial charge in [-0.15, -0.1) is 11.8 Å². The van der Waals surface area contributed by atoms with Gasteiger partial charge in [0.15, 0.2) is 5.17 Å². The van der Waals surface area contributed by atoms with E-state index < -0.39 is 0 Å². The number of hydrogen-bond acceptors (Lipinski definition) is 5. The molecule has 1 aromatic rings. The molecule has 1 aromatic carbocycles. The molecule has 3 rings (SSSR count). The summed E-state index contributed by atoms with van der Waals surface area (Å²) >= 11 is 15.0. The summed E-state index contributed by atoms with van der Waals surface area (Å²) in [6, 6.07) is 5.12. The monoisotopic (exact) mass is 403 g/mol. The molecule has 2 saturated heterocycles. The summed E-state index contributed by atoms with van der Waals surface area (Å²) in [5.74, 6) is 1.84. The van der Waals surface area contributed by atoms with Gasteiger partial charge in [-0.1, -0.05) is 35.0 Å². The van der Waals surface area contributed by atoms with Crippen LogP contribution in [0.4, 0.5) is 5.69 Å². The molecule has 5 nitrogen and oxygen atoms in total. The molecule has 2 fully saturated rings. The number of thioether (sulfide) groups is 2. The second kappa shape index (κ2) is 7.99. The minimum atomic E-state index is -0.100. The second-order valence-electron chi connectivity index (χ2n) is 5.31. The maximum absolute atomic E-state index is 12.6. The molecule has 2 aliphatic heterocycles. The van der Waals surface area contributed by atoms with Crippen molar-refractivity contribution in [3.63, 3.8) is 0 Å². The molecule has 0 saturated carbocycles. The maximum atomic E-state index is 12.6. The molecule has 0 atom stereocenters. The van der Waals surface area contributed by atoms with Gasteiger partial charge in [-0.2, -0.15) is 0 Å². The van der Waals surface area contributed by atoms with Gasteiger partial charge in [0, 0.05) is 12.3 Å². The van der Waals surface area contributed by atoms with Crippen molar-refractivity contribution in [3.8, 4) is 0 Å². The molecule has 0 aliphatic carbocycles. The normalized spacial score (nSPS) is 20.1. The van der Waals surface area contributed by atoms with Crippen molar-refractivity contribution < 1.29 is 9.59 Å². The summed E-state index contributed by atoms with van der Waals surface area (Å²) in [4.78, 5) is 32.1. The number of hydrogen-bond donors (Lipinski definition) is 0. The van der Waals surface area contributed by atoms with E-state index in [0.717, 1.165) is 12.2 Å². The molecular formula is C15H15Cl2N3O2S2. The molecule has 0 aromatic heterocycles. The molecule has 2 amide bonds. The first-order valence-electron chi connectivity index (χ1n) is 7.37. The second-order valence-corrected chi connectivity index (χ2v) is 8.14. The number of amidine groups is 1. The van der Waals surface area contributed by atoms with E-state index in [1.165, 1.54) is 23.5 Å². The minimum Gasteiger partial charge on any atom is -0.323 e. The third kappa shape index (κ3) is 4.20. The zero-order valence-electron chi connectivity index (χ0n) is 12.7. The quantitative estimate of drug-likeness (QED) is 0.774. The first-order valence-corrected chi connectivity index (χ1v) is 10.3. The molecule has 2 heterocycles. The van der Waals surface area contributed by atoms with Gasteiger partial charge in [0.2, 0.25) is 11.8 Å². The summed E-state index contributed by atoms with van der Waals surface area (Å²) < 4.78 is 0. The Morgan fingerprint density at radius 1 is 1.29 bits per heavy atom. The fraction of sp³-hybridized carbons (Fsp3) is 0.400. The number of rotatable bonds is 3. The molecule has 0 unspecified atom stereocenters. The molecule has 0 spiro atoms. The molecule has 24 heavy (non-hydrogen) atoms. The van der Waals surface area contributed by atoms with E-state index >= 15 is 0 Å². The van der Waals surface area contributed by atoms with Gasteiger partial charge in [0.05, 0.1) is 27.4 Å². The van der Waals surface area contributed by atoms with Gasteiger partial charge >= 0.3 is 0 Å². The van der Waals surface area contributed by atoms with Crippen molar-refractivity contribution in [1.29, 1.82) is 0 Å². The van der Waals surface area contributed by atoms with E-state index in [1.807, 2.05) is 0 Å². The molecular weight excluding hydrogens is 389 g/mol. The van der Waals surface area contributed by atoms with Crippen molar-refractivity contribution in [2.24, 2.45) is 4.99 Å². The van der Waals surface area contributed by atoms with Crippen LogP contribution in [0.1, 0.15) is 6.42 Å². The Labute approximate surface area is 158 Å². The fourth-order valence-electron chi connectivity index (χ4n) is 2.34. The van der Waals surface area contributed by atoms with Crippen LogP contribution in [0.3, 0.4) is 0 Å².